The molecule has 2 nitrogen and oxygen atoms in total. The van der Waals surface area contributed by atoms with Gasteiger partial charge in [-0.05, 0) is 0 Å². The van der Waals surface area contributed by atoms with Gasteiger partial charge in [-0.2, -0.15) is 0 Å². The normalized spacial score (nSPS) is 37.2. The molecule has 52 valence electrons. The maximum Gasteiger partial charge on any atom is 0.141 e. The Bertz CT molecular complexity index is 203. The zero-order valence-corrected chi connectivity index (χ0v) is 5.54. The van der Waals surface area contributed by atoms with E-state index in [1.54, 1.807) is 0 Å². The first kappa shape index (κ1) is 5.83. The lowest BCUT2D eigenvalue weighted by Crippen LogP contribution is -2.34. The molecule has 10 heavy (non-hydrogen) atoms. The second-order valence-corrected chi connectivity index (χ2v) is 2.94. The lowest BCUT2D eigenvalue weighted by Gasteiger charge is -2.27. The largest absolute Gasteiger partial charge is 0.299 e. The van der Waals surface area contributed by atoms with Crippen molar-refractivity contribution in [2.45, 2.75) is 12.8 Å². The summed E-state index contributed by atoms with van der Waals surface area (Å²) in [6, 6.07) is 0. The number of ketones is 2. The van der Waals surface area contributed by atoms with Crippen LogP contribution in [0, 0.1) is 11.8 Å². The van der Waals surface area contributed by atoms with Crippen molar-refractivity contribution in [3.05, 3.63) is 12.2 Å². The van der Waals surface area contributed by atoms with E-state index < -0.39 is 0 Å². The molecule has 0 aromatic carbocycles. The summed E-state index contributed by atoms with van der Waals surface area (Å²) in [5.41, 5.74) is 0. The average molecular weight is 136 g/mol. The Morgan fingerprint density at radius 2 is 1.40 bits per heavy atom. The van der Waals surface area contributed by atoms with E-state index in [0.29, 0.717) is 12.8 Å². The van der Waals surface area contributed by atoms with E-state index in [-0.39, 0.29) is 23.4 Å². The third-order valence-electron chi connectivity index (χ3n) is 2.25. The summed E-state index contributed by atoms with van der Waals surface area (Å²) in [6.07, 6.45) is 4.66. The summed E-state index contributed by atoms with van der Waals surface area (Å²) in [5.74, 6) is 0.342. The van der Waals surface area contributed by atoms with Crippen LogP contribution in [0.5, 0.6) is 0 Å². The van der Waals surface area contributed by atoms with Crippen LogP contribution in [0.15, 0.2) is 12.2 Å². The van der Waals surface area contributed by atoms with Crippen molar-refractivity contribution < 1.29 is 9.59 Å². The molecule has 0 unspecified atom stereocenters. The standard InChI is InChI=1S/C8H8O2/c9-7-4-6-2-1-5(7)3-8(6)10/h1-2,5-6H,3-4H2/t5-,6+. The molecule has 0 aromatic rings. The van der Waals surface area contributed by atoms with E-state index in [2.05, 4.69) is 0 Å². The number of fused-ring (bicyclic) bond motifs is 2. The minimum absolute atomic E-state index is 0.0718. The average Bonchev–Trinajstić information content (AvgIpc) is 1.91. The topological polar surface area (TPSA) is 34.1 Å². The first-order chi connectivity index (χ1) is 4.77. The highest BCUT2D eigenvalue weighted by atomic mass is 16.1. The smallest absolute Gasteiger partial charge is 0.141 e. The van der Waals surface area contributed by atoms with Crippen LogP contribution in [0.2, 0.25) is 0 Å². The Labute approximate surface area is 58.9 Å². The molecule has 0 saturated heterocycles. The second kappa shape index (κ2) is 1.78. The third-order valence-corrected chi connectivity index (χ3v) is 2.25. The lowest BCUT2D eigenvalue weighted by molar-refractivity contribution is -0.134. The zero-order valence-electron chi connectivity index (χ0n) is 5.54. The number of hydrogen-bond donors (Lipinski definition) is 0. The molecule has 2 heteroatoms. The summed E-state index contributed by atoms with van der Waals surface area (Å²) >= 11 is 0. The molecule has 1 fully saturated rings. The summed E-state index contributed by atoms with van der Waals surface area (Å²) < 4.78 is 0. The van der Waals surface area contributed by atoms with Gasteiger partial charge in [-0.3, -0.25) is 9.59 Å². The van der Waals surface area contributed by atoms with Crippen molar-refractivity contribution in [1.29, 1.82) is 0 Å². The summed E-state index contributed by atoms with van der Waals surface area (Å²) in [6.45, 7) is 0. The molecule has 0 radical (unpaired) electrons. The van der Waals surface area contributed by atoms with Crippen LogP contribution in [0.25, 0.3) is 0 Å². The number of Topliss-reactive ketones (excluding diaryl/α,β-unsaturated/α-hetero) is 2. The number of carbonyl (C=O) groups excluding carboxylic acids is 2. The van der Waals surface area contributed by atoms with Crippen molar-refractivity contribution in [2.75, 3.05) is 0 Å². The summed E-state index contributed by atoms with van der Waals surface area (Å²) in [5, 5.41) is 0. The van der Waals surface area contributed by atoms with Crippen molar-refractivity contribution in [1.82, 2.24) is 0 Å². The van der Waals surface area contributed by atoms with Crippen LogP contribution in [0.4, 0.5) is 0 Å². The minimum Gasteiger partial charge on any atom is -0.299 e. The van der Waals surface area contributed by atoms with Crippen molar-refractivity contribution in [3.63, 3.8) is 0 Å². The first-order valence-corrected chi connectivity index (χ1v) is 3.51. The van der Waals surface area contributed by atoms with Crippen LogP contribution >= 0.6 is 0 Å². The van der Waals surface area contributed by atoms with Gasteiger partial charge in [0.15, 0.2) is 0 Å². The van der Waals surface area contributed by atoms with Gasteiger partial charge in [0.1, 0.15) is 11.6 Å². The fourth-order valence-corrected chi connectivity index (χ4v) is 1.58. The first-order valence-electron chi connectivity index (χ1n) is 3.51. The maximum absolute atomic E-state index is 11.0. The van der Waals surface area contributed by atoms with Crippen LogP contribution in [0.1, 0.15) is 12.8 Å². The van der Waals surface area contributed by atoms with Gasteiger partial charge >= 0.3 is 0 Å². The highest BCUT2D eigenvalue weighted by Gasteiger charge is 2.35. The molecule has 0 heterocycles. The molecule has 2 bridgehead atoms. The van der Waals surface area contributed by atoms with E-state index in [0.717, 1.165) is 0 Å². The maximum atomic E-state index is 11.0. The molecule has 3 aliphatic carbocycles. The molecule has 3 rings (SSSR count). The van der Waals surface area contributed by atoms with Crippen LogP contribution in [-0.2, 0) is 9.59 Å². The highest BCUT2D eigenvalue weighted by Crippen LogP contribution is 2.30. The molecule has 0 aromatic heterocycles. The molecule has 2 atom stereocenters. The van der Waals surface area contributed by atoms with Gasteiger partial charge in [-0.1, -0.05) is 12.2 Å². The minimum atomic E-state index is -0.0718. The van der Waals surface area contributed by atoms with E-state index in [1.165, 1.54) is 0 Å². The molecule has 1 saturated carbocycles. The van der Waals surface area contributed by atoms with E-state index in [1.807, 2.05) is 12.2 Å². The summed E-state index contributed by atoms with van der Waals surface area (Å²) in [7, 11) is 0. The predicted molar refractivity (Wildman–Crippen MR) is 35.4 cm³/mol. The molecular formula is C8H8O2. The summed E-state index contributed by atoms with van der Waals surface area (Å²) in [4.78, 5) is 22.0. The van der Waals surface area contributed by atoms with E-state index >= 15 is 0 Å². The number of hydrogen-bond acceptors (Lipinski definition) is 2. The molecule has 3 aliphatic rings. The highest BCUT2D eigenvalue weighted by molar-refractivity contribution is 5.99. The zero-order chi connectivity index (χ0) is 7.14. The predicted octanol–water partition coefficient (Wildman–Crippen LogP) is 0.721. The van der Waals surface area contributed by atoms with Gasteiger partial charge in [0.2, 0.25) is 0 Å². The Hall–Kier alpha value is -0.920. The van der Waals surface area contributed by atoms with Gasteiger partial charge in [-0.15, -0.1) is 0 Å². The fourth-order valence-electron chi connectivity index (χ4n) is 1.58. The Kier molecular flexibility index (Phi) is 1.04. The van der Waals surface area contributed by atoms with Crippen LogP contribution in [-0.4, -0.2) is 11.6 Å². The van der Waals surface area contributed by atoms with Crippen LogP contribution < -0.4 is 0 Å². The van der Waals surface area contributed by atoms with Crippen molar-refractivity contribution >= 4 is 11.6 Å². The Morgan fingerprint density at radius 1 is 1.00 bits per heavy atom. The van der Waals surface area contributed by atoms with E-state index in [4.69, 9.17) is 0 Å². The fraction of sp³-hybridized carbons (Fsp3) is 0.500. The molecule has 0 spiro atoms. The van der Waals surface area contributed by atoms with Gasteiger partial charge in [0.05, 0.1) is 0 Å². The van der Waals surface area contributed by atoms with Gasteiger partial charge in [-0.25, -0.2) is 0 Å². The SMILES string of the molecule is O=C1C[C@@H]2C=C[C@@H]1CC2=O. The Balaban J connectivity index is 2.36. The van der Waals surface area contributed by atoms with Crippen molar-refractivity contribution in [2.24, 2.45) is 11.8 Å². The molecule has 0 amide bonds. The molecule has 0 aliphatic heterocycles. The number of carbonyl (C=O) groups is 2. The van der Waals surface area contributed by atoms with Gasteiger partial charge in [0, 0.05) is 24.7 Å². The van der Waals surface area contributed by atoms with Gasteiger partial charge < -0.3 is 0 Å². The van der Waals surface area contributed by atoms with E-state index in [9.17, 15) is 9.59 Å². The number of allylic oxidation sites excluding steroid dienone is 2. The van der Waals surface area contributed by atoms with Crippen LogP contribution in [0.3, 0.4) is 0 Å². The molecular weight excluding hydrogens is 128 g/mol. The monoisotopic (exact) mass is 136 g/mol. The van der Waals surface area contributed by atoms with Crippen molar-refractivity contribution in [3.8, 4) is 0 Å². The quantitative estimate of drug-likeness (QED) is 0.460. The van der Waals surface area contributed by atoms with Gasteiger partial charge in [0.25, 0.3) is 0 Å². The Morgan fingerprint density at radius 3 is 1.60 bits per heavy atom. The lowest BCUT2D eigenvalue weighted by atomic mass is 9.74. The second-order valence-electron chi connectivity index (χ2n) is 2.94. The molecule has 0 N–H and O–H groups in total. The number of rotatable bonds is 0. The third kappa shape index (κ3) is 0.649.